The predicted molar refractivity (Wildman–Crippen MR) is 163 cm³/mol. The van der Waals surface area contributed by atoms with Crippen molar-refractivity contribution in [2.45, 2.75) is 32.6 Å². The minimum Gasteiger partial charge on any atom is -0.357 e. The van der Waals surface area contributed by atoms with Crippen molar-refractivity contribution >= 4 is 57.9 Å². The maximum Gasteiger partial charge on any atom is 0.242 e. The van der Waals surface area contributed by atoms with Gasteiger partial charge in [0.1, 0.15) is 0 Å². The molecule has 2 aliphatic rings. The highest BCUT2D eigenvalue weighted by atomic mass is 32.2. The third-order valence-electron chi connectivity index (χ3n) is 7.38. The first kappa shape index (κ1) is 27.9. The molecule has 0 spiro atoms. The fourth-order valence-electron chi connectivity index (χ4n) is 5.18. The van der Waals surface area contributed by atoms with Crippen molar-refractivity contribution in [3.05, 3.63) is 53.6 Å². The Morgan fingerprint density at radius 3 is 2.75 bits per heavy atom. The normalized spacial score (nSPS) is 19.0. The highest BCUT2D eigenvalue weighted by molar-refractivity contribution is 7.99. The van der Waals surface area contributed by atoms with Gasteiger partial charge < -0.3 is 30.6 Å². The lowest BCUT2D eigenvalue weighted by Crippen LogP contribution is -2.52. The number of rotatable bonds is 9. The SMILES string of the molecule is CCC(C(=O)Nc1nccc2c(C3=C(C)C=NC(Nc4cccc(NSC)c4F)N3)c[nH]c12)N1CCN(C)CC1. The average molecular weight is 566 g/mol. The summed E-state index contributed by atoms with van der Waals surface area (Å²) in [6.45, 7) is 7.64. The Balaban J connectivity index is 1.35. The van der Waals surface area contributed by atoms with Crippen molar-refractivity contribution in [1.29, 1.82) is 0 Å². The molecule has 0 radical (unpaired) electrons. The van der Waals surface area contributed by atoms with E-state index in [-0.39, 0.29) is 17.8 Å². The first-order valence-electron chi connectivity index (χ1n) is 13.4. The molecule has 2 atom stereocenters. The van der Waals surface area contributed by atoms with Gasteiger partial charge in [0.15, 0.2) is 17.9 Å². The Bertz CT molecular complexity index is 1430. The van der Waals surface area contributed by atoms with Crippen molar-refractivity contribution in [2.75, 3.05) is 54.8 Å². The Kier molecular flexibility index (Phi) is 8.57. The number of nitrogens with zero attached hydrogens (tertiary/aromatic N) is 4. The molecule has 212 valence electrons. The van der Waals surface area contributed by atoms with Crippen molar-refractivity contribution in [3.63, 3.8) is 0 Å². The number of allylic oxidation sites excluding steroid dienone is 1. The largest absolute Gasteiger partial charge is 0.357 e. The number of piperazine rings is 1. The number of pyridine rings is 1. The first-order chi connectivity index (χ1) is 19.4. The van der Waals surface area contributed by atoms with Gasteiger partial charge in [-0.25, -0.2) is 14.4 Å². The van der Waals surface area contributed by atoms with E-state index in [1.54, 1.807) is 30.6 Å². The number of carbonyl (C=O) groups is 1. The third-order valence-corrected chi connectivity index (χ3v) is 7.80. The highest BCUT2D eigenvalue weighted by Crippen LogP contribution is 2.31. The molecule has 4 heterocycles. The molecule has 2 unspecified atom stereocenters. The molecule has 1 saturated heterocycles. The van der Waals surface area contributed by atoms with Gasteiger partial charge in [0.2, 0.25) is 5.91 Å². The number of nitrogens with one attached hydrogen (secondary N) is 5. The number of aliphatic imine (C=N–C) groups is 1. The second-order valence-corrected chi connectivity index (χ2v) is 10.7. The zero-order chi connectivity index (χ0) is 28.2. The minimum absolute atomic E-state index is 0.0500. The van der Waals surface area contributed by atoms with Gasteiger partial charge in [0, 0.05) is 62.0 Å². The van der Waals surface area contributed by atoms with E-state index in [1.807, 2.05) is 32.4 Å². The van der Waals surface area contributed by atoms with Crippen LogP contribution in [0.25, 0.3) is 16.6 Å². The van der Waals surface area contributed by atoms with Crippen LogP contribution in [-0.4, -0.2) is 83.7 Å². The van der Waals surface area contributed by atoms with Gasteiger partial charge in [-0.15, -0.1) is 0 Å². The number of anilines is 3. The topological polar surface area (TPSA) is 113 Å². The highest BCUT2D eigenvalue weighted by Gasteiger charge is 2.28. The summed E-state index contributed by atoms with van der Waals surface area (Å²) in [5, 5.41) is 10.5. The van der Waals surface area contributed by atoms with Gasteiger partial charge in [-0.1, -0.05) is 24.9 Å². The molecule has 40 heavy (non-hydrogen) atoms. The van der Waals surface area contributed by atoms with E-state index in [0.717, 1.165) is 60.3 Å². The number of H-pyrrole nitrogens is 1. The van der Waals surface area contributed by atoms with Crippen molar-refractivity contribution in [3.8, 4) is 0 Å². The van der Waals surface area contributed by atoms with E-state index >= 15 is 0 Å². The number of hydrogen-bond donors (Lipinski definition) is 5. The number of halogens is 1. The molecule has 3 aromatic rings. The molecule has 2 aliphatic heterocycles. The number of aromatic nitrogens is 2. The predicted octanol–water partition coefficient (Wildman–Crippen LogP) is 4.16. The van der Waals surface area contributed by atoms with Crippen LogP contribution >= 0.6 is 11.9 Å². The summed E-state index contributed by atoms with van der Waals surface area (Å²) in [7, 11) is 2.11. The van der Waals surface area contributed by atoms with Crippen molar-refractivity contribution < 1.29 is 9.18 Å². The Hall–Kier alpha value is -3.61. The van der Waals surface area contributed by atoms with Crippen LogP contribution in [0.2, 0.25) is 0 Å². The number of benzene rings is 1. The van der Waals surface area contributed by atoms with E-state index in [1.165, 1.54) is 11.9 Å². The lowest BCUT2D eigenvalue weighted by Gasteiger charge is -2.36. The van der Waals surface area contributed by atoms with Gasteiger partial charge in [-0.2, -0.15) is 0 Å². The number of fused-ring (bicyclic) bond motifs is 1. The summed E-state index contributed by atoms with van der Waals surface area (Å²) in [6, 6.07) is 6.86. The number of hydrogen-bond acceptors (Lipinski definition) is 9. The molecule has 12 heteroatoms. The Morgan fingerprint density at radius 2 is 2.00 bits per heavy atom. The van der Waals surface area contributed by atoms with Crippen LogP contribution in [0.5, 0.6) is 0 Å². The quantitative estimate of drug-likeness (QED) is 0.246. The summed E-state index contributed by atoms with van der Waals surface area (Å²) in [6.07, 6.45) is 7.37. The molecule has 5 rings (SSSR count). The van der Waals surface area contributed by atoms with Crippen LogP contribution < -0.4 is 20.7 Å². The maximum absolute atomic E-state index is 15.0. The summed E-state index contributed by atoms with van der Waals surface area (Å²) in [4.78, 5) is 30.2. The smallest absolute Gasteiger partial charge is 0.242 e. The number of likely N-dealkylation sites (N-methyl/N-ethyl adjacent to an activating group) is 1. The number of carbonyl (C=O) groups excluding carboxylic acids is 1. The molecule has 5 N–H and O–H groups in total. The molecule has 1 aromatic carbocycles. The second kappa shape index (κ2) is 12.3. The monoisotopic (exact) mass is 565 g/mol. The fraction of sp³-hybridized carbons (Fsp3) is 0.393. The van der Waals surface area contributed by atoms with Crippen LogP contribution in [0.3, 0.4) is 0 Å². The summed E-state index contributed by atoms with van der Waals surface area (Å²) < 4.78 is 17.9. The first-order valence-corrected chi connectivity index (χ1v) is 14.7. The molecular weight excluding hydrogens is 529 g/mol. The van der Waals surface area contributed by atoms with Gasteiger partial charge >= 0.3 is 0 Å². The molecule has 0 bridgehead atoms. The second-order valence-electron chi connectivity index (χ2n) is 10.0. The molecule has 2 aromatic heterocycles. The zero-order valence-corrected chi connectivity index (χ0v) is 24.0. The zero-order valence-electron chi connectivity index (χ0n) is 23.2. The number of aromatic amines is 1. The van der Waals surface area contributed by atoms with E-state index in [4.69, 9.17) is 0 Å². The lowest BCUT2D eigenvalue weighted by molar-refractivity contribution is -0.122. The van der Waals surface area contributed by atoms with Crippen LogP contribution in [0.1, 0.15) is 25.8 Å². The van der Waals surface area contributed by atoms with Crippen LogP contribution in [0.4, 0.5) is 21.6 Å². The minimum atomic E-state index is -0.572. The fourth-order valence-corrected chi connectivity index (χ4v) is 5.56. The summed E-state index contributed by atoms with van der Waals surface area (Å²) in [5.74, 6) is 0.0760. The van der Waals surface area contributed by atoms with E-state index in [2.05, 4.69) is 52.5 Å². The number of amides is 1. The van der Waals surface area contributed by atoms with Crippen LogP contribution in [0, 0.1) is 5.82 Å². The van der Waals surface area contributed by atoms with Gasteiger partial charge in [0.05, 0.1) is 28.6 Å². The molecule has 10 nitrogen and oxygen atoms in total. The Morgan fingerprint density at radius 1 is 1.23 bits per heavy atom. The van der Waals surface area contributed by atoms with E-state index < -0.39 is 6.29 Å². The Labute approximate surface area is 238 Å². The van der Waals surface area contributed by atoms with Gasteiger partial charge in [-0.3, -0.25) is 9.69 Å². The van der Waals surface area contributed by atoms with Gasteiger partial charge in [-0.05, 0) is 44.2 Å². The molecule has 1 fully saturated rings. The standard InChI is InChI=1S/C28H36FN9OS/c1-5-22(38-13-11-37(3)12-14-38)27(39)35-26-25-18(9-10-30-26)19(16-31-25)24-17(2)15-32-28(34-24)33-20-7-6-8-21(23(20)29)36-40-4/h6-10,15-16,22,28,31,33-34,36H,5,11-14H2,1-4H3,(H,30,35,39). The molecular formula is C28H36FN9OS. The third kappa shape index (κ3) is 5.79. The average Bonchev–Trinajstić information content (AvgIpc) is 3.38. The summed E-state index contributed by atoms with van der Waals surface area (Å²) in [5.41, 5.74) is 4.18. The molecule has 0 saturated carbocycles. The lowest BCUT2D eigenvalue weighted by atomic mass is 10.1. The molecule has 1 amide bonds. The summed E-state index contributed by atoms with van der Waals surface area (Å²) >= 11 is 1.33. The van der Waals surface area contributed by atoms with Gasteiger partial charge in [0.25, 0.3) is 0 Å². The van der Waals surface area contributed by atoms with E-state index in [0.29, 0.717) is 17.2 Å². The van der Waals surface area contributed by atoms with E-state index in [9.17, 15) is 9.18 Å². The molecule has 0 aliphatic carbocycles. The van der Waals surface area contributed by atoms with Crippen LogP contribution in [-0.2, 0) is 4.79 Å². The van der Waals surface area contributed by atoms with Crippen LogP contribution in [0.15, 0.2) is 47.2 Å². The van der Waals surface area contributed by atoms with Crippen molar-refractivity contribution in [2.24, 2.45) is 4.99 Å². The maximum atomic E-state index is 15.0. The van der Waals surface area contributed by atoms with Crippen molar-refractivity contribution in [1.82, 2.24) is 25.1 Å².